The number of methoxy groups -OCH3 is 1. The van der Waals surface area contributed by atoms with Gasteiger partial charge in [0.25, 0.3) is 5.91 Å². The van der Waals surface area contributed by atoms with Crippen molar-refractivity contribution in [1.29, 1.82) is 0 Å². The molecular formula is C22H36N2O3. The molecule has 1 aliphatic heterocycles. The molecule has 0 aromatic heterocycles. The Balaban J connectivity index is 1.75. The number of nitrogens with zero attached hydrogens (tertiary/aromatic N) is 1. The third kappa shape index (κ3) is 6.51. The van der Waals surface area contributed by atoms with Crippen LogP contribution in [0.15, 0.2) is 24.3 Å². The van der Waals surface area contributed by atoms with Gasteiger partial charge in [0.05, 0.1) is 6.61 Å². The molecule has 1 aromatic carbocycles. The lowest BCUT2D eigenvalue weighted by Gasteiger charge is -2.33. The third-order valence-electron chi connectivity index (χ3n) is 5.57. The van der Waals surface area contributed by atoms with Crippen LogP contribution in [0.25, 0.3) is 0 Å². The molecule has 1 saturated heterocycles. The van der Waals surface area contributed by atoms with E-state index in [9.17, 15) is 4.79 Å². The van der Waals surface area contributed by atoms with Gasteiger partial charge in [-0.2, -0.15) is 0 Å². The van der Waals surface area contributed by atoms with Crippen LogP contribution in [-0.4, -0.2) is 49.3 Å². The number of nitrogens with one attached hydrogen (secondary N) is 1. The van der Waals surface area contributed by atoms with Crippen LogP contribution < -0.4 is 10.1 Å². The summed E-state index contributed by atoms with van der Waals surface area (Å²) < 4.78 is 11.3. The summed E-state index contributed by atoms with van der Waals surface area (Å²) in [5.74, 6) is 0.721. The molecule has 1 aromatic rings. The average Bonchev–Trinajstić information content (AvgIpc) is 2.67. The van der Waals surface area contributed by atoms with Crippen LogP contribution in [0.5, 0.6) is 5.75 Å². The van der Waals surface area contributed by atoms with E-state index in [4.69, 9.17) is 9.47 Å². The number of carbonyl (C=O) groups is 1. The minimum atomic E-state index is -0.796. The Morgan fingerprint density at radius 1 is 1.30 bits per heavy atom. The maximum Gasteiger partial charge on any atom is 0.256 e. The van der Waals surface area contributed by atoms with Crippen LogP contribution in [0.1, 0.15) is 59.3 Å². The van der Waals surface area contributed by atoms with Gasteiger partial charge in [-0.25, -0.2) is 0 Å². The second kappa shape index (κ2) is 10.7. The minimum Gasteiger partial charge on any atom is -0.494 e. The van der Waals surface area contributed by atoms with E-state index < -0.39 is 5.60 Å². The smallest absolute Gasteiger partial charge is 0.256 e. The van der Waals surface area contributed by atoms with Crippen molar-refractivity contribution in [3.05, 3.63) is 24.3 Å². The molecule has 152 valence electrons. The molecule has 2 atom stereocenters. The van der Waals surface area contributed by atoms with Gasteiger partial charge in [-0.3, -0.25) is 4.79 Å². The molecule has 5 nitrogen and oxygen atoms in total. The van der Waals surface area contributed by atoms with Crippen LogP contribution in [0.3, 0.4) is 0 Å². The molecule has 1 amide bonds. The highest BCUT2D eigenvalue weighted by molar-refractivity contribution is 5.97. The Kier molecular flexibility index (Phi) is 8.58. The molecule has 2 rings (SSSR count). The molecule has 5 heteroatoms. The maximum absolute atomic E-state index is 12.5. The van der Waals surface area contributed by atoms with E-state index in [0.717, 1.165) is 30.8 Å². The topological polar surface area (TPSA) is 50.8 Å². The van der Waals surface area contributed by atoms with Crippen LogP contribution >= 0.6 is 0 Å². The summed E-state index contributed by atoms with van der Waals surface area (Å²) in [4.78, 5) is 15.0. The predicted octanol–water partition coefficient (Wildman–Crippen LogP) is 4.47. The number of benzene rings is 1. The lowest BCUT2D eigenvalue weighted by Crippen LogP contribution is -2.41. The van der Waals surface area contributed by atoms with Crippen molar-refractivity contribution >= 4 is 11.6 Å². The molecule has 0 bridgehead atoms. The number of ether oxygens (including phenoxy) is 2. The molecule has 0 saturated carbocycles. The maximum atomic E-state index is 12.5. The molecule has 1 aliphatic rings. The van der Waals surface area contributed by atoms with Crippen molar-refractivity contribution in [2.24, 2.45) is 0 Å². The number of anilines is 1. The third-order valence-corrected chi connectivity index (χ3v) is 5.57. The number of hydrogen-bond donors (Lipinski definition) is 1. The Morgan fingerprint density at radius 2 is 2.04 bits per heavy atom. The van der Waals surface area contributed by atoms with Crippen LogP contribution in [-0.2, 0) is 9.53 Å². The van der Waals surface area contributed by atoms with Gasteiger partial charge in [0.15, 0.2) is 0 Å². The van der Waals surface area contributed by atoms with E-state index in [1.165, 1.54) is 25.8 Å². The summed E-state index contributed by atoms with van der Waals surface area (Å²) >= 11 is 0. The Bertz CT molecular complexity index is 575. The van der Waals surface area contributed by atoms with Crippen molar-refractivity contribution < 1.29 is 14.3 Å². The van der Waals surface area contributed by atoms with Crippen molar-refractivity contribution in [2.75, 3.05) is 32.1 Å². The predicted molar refractivity (Wildman–Crippen MR) is 110 cm³/mol. The summed E-state index contributed by atoms with van der Waals surface area (Å²) in [6.45, 7) is 9.22. The van der Waals surface area contributed by atoms with Gasteiger partial charge in [-0.1, -0.05) is 19.8 Å². The summed E-state index contributed by atoms with van der Waals surface area (Å²) in [5, 5.41) is 2.93. The van der Waals surface area contributed by atoms with Crippen molar-refractivity contribution in [2.45, 2.75) is 70.9 Å². The average molecular weight is 377 g/mol. The fourth-order valence-electron chi connectivity index (χ4n) is 3.63. The van der Waals surface area contributed by atoms with Crippen molar-refractivity contribution in [3.63, 3.8) is 0 Å². The molecular weight excluding hydrogens is 340 g/mol. The SMILES string of the molecule is CCC[C@](C)(OC)C(=O)Nc1ccc(OCCCN2CCCC[C@@H]2C)cc1. The highest BCUT2D eigenvalue weighted by Crippen LogP contribution is 2.22. The Morgan fingerprint density at radius 3 is 2.67 bits per heavy atom. The molecule has 27 heavy (non-hydrogen) atoms. The van der Waals surface area contributed by atoms with Crippen LogP contribution in [0, 0.1) is 0 Å². The zero-order valence-electron chi connectivity index (χ0n) is 17.4. The quantitative estimate of drug-likeness (QED) is 0.612. The normalized spacial score (nSPS) is 20.1. The monoisotopic (exact) mass is 376 g/mol. The molecule has 0 aliphatic carbocycles. The summed E-state index contributed by atoms with van der Waals surface area (Å²) in [7, 11) is 1.58. The standard InChI is InChI=1S/C22H36N2O3/c1-5-14-22(3,26-4)21(25)23-19-10-12-20(13-11-19)27-17-8-16-24-15-7-6-9-18(24)2/h10-13,18H,5-9,14-17H2,1-4H3,(H,23,25)/t18-,22-/m0/s1. The first-order valence-corrected chi connectivity index (χ1v) is 10.3. The van der Waals surface area contributed by atoms with E-state index in [0.29, 0.717) is 19.1 Å². The number of hydrogen-bond acceptors (Lipinski definition) is 4. The summed E-state index contributed by atoms with van der Waals surface area (Å²) in [6, 6.07) is 8.27. The molecule has 0 radical (unpaired) electrons. The van der Waals surface area contributed by atoms with E-state index in [-0.39, 0.29) is 5.91 Å². The molecule has 1 fully saturated rings. The van der Waals surface area contributed by atoms with Gasteiger partial charge in [0.1, 0.15) is 11.4 Å². The van der Waals surface area contributed by atoms with E-state index in [1.807, 2.05) is 38.1 Å². The lowest BCUT2D eigenvalue weighted by atomic mass is 9.99. The highest BCUT2D eigenvalue weighted by atomic mass is 16.5. The fraction of sp³-hybridized carbons (Fsp3) is 0.682. The van der Waals surface area contributed by atoms with E-state index in [2.05, 4.69) is 17.1 Å². The zero-order valence-corrected chi connectivity index (χ0v) is 17.4. The second-order valence-electron chi connectivity index (χ2n) is 7.75. The van der Waals surface area contributed by atoms with Gasteiger partial charge in [0, 0.05) is 25.4 Å². The van der Waals surface area contributed by atoms with Gasteiger partial charge in [0.2, 0.25) is 0 Å². The Labute approximate surface area is 164 Å². The number of likely N-dealkylation sites (tertiary alicyclic amines) is 1. The van der Waals surface area contributed by atoms with Gasteiger partial charge in [-0.15, -0.1) is 0 Å². The molecule has 0 unspecified atom stereocenters. The van der Waals surface area contributed by atoms with Crippen LogP contribution in [0.4, 0.5) is 5.69 Å². The fourth-order valence-corrected chi connectivity index (χ4v) is 3.63. The van der Waals surface area contributed by atoms with Gasteiger partial charge < -0.3 is 19.7 Å². The Hall–Kier alpha value is -1.59. The largest absolute Gasteiger partial charge is 0.494 e. The molecule has 1 heterocycles. The first-order chi connectivity index (χ1) is 13.0. The molecule has 0 spiro atoms. The van der Waals surface area contributed by atoms with Crippen LogP contribution in [0.2, 0.25) is 0 Å². The molecule has 1 N–H and O–H groups in total. The summed E-state index contributed by atoms with van der Waals surface area (Å²) in [6.07, 6.45) is 6.60. The number of rotatable bonds is 10. The van der Waals surface area contributed by atoms with Gasteiger partial charge >= 0.3 is 0 Å². The number of carbonyl (C=O) groups excluding carboxylic acids is 1. The second-order valence-corrected chi connectivity index (χ2v) is 7.75. The van der Waals surface area contributed by atoms with Crippen molar-refractivity contribution in [3.8, 4) is 5.75 Å². The number of piperidine rings is 1. The zero-order chi connectivity index (χ0) is 19.7. The van der Waals surface area contributed by atoms with E-state index in [1.54, 1.807) is 7.11 Å². The minimum absolute atomic E-state index is 0.115. The summed E-state index contributed by atoms with van der Waals surface area (Å²) in [5.41, 5.74) is -0.0379. The lowest BCUT2D eigenvalue weighted by molar-refractivity contribution is -0.136. The highest BCUT2D eigenvalue weighted by Gasteiger charge is 2.32. The van der Waals surface area contributed by atoms with E-state index >= 15 is 0 Å². The van der Waals surface area contributed by atoms with Crippen molar-refractivity contribution in [1.82, 2.24) is 4.90 Å². The van der Waals surface area contributed by atoms with Gasteiger partial charge in [-0.05, 0) is 70.3 Å². The first kappa shape index (κ1) is 21.7. The first-order valence-electron chi connectivity index (χ1n) is 10.3. The number of amides is 1.